The van der Waals surface area contributed by atoms with E-state index in [2.05, 4.69) is 4.98 Å². The van der Waals surface area contributed by atoms with Crippen LogP contribution in [0.5, 0.6) is 0 Å². The first-order chi connectivity index (χ1) is 9.19. The van der Waals surface area contributed by atoms with E-state index in [1.807, 2.05) is 18.2 Å². The van der Waals surface area contributed by atoms with Gasteiger partial charge in [-0.1, -0.05) is 6.07 Å². The number of hydrogen-bond donors (Lipinski definition) is 1. The summed E-state index contributed by atoms with van der Waals surface area (Å²) in [6.07, 6.45) is 1.70. The summed E-state index contributed by atoms with van der Waals surface area (Å²) in [7, 11) is 3.11. The van der Waals surface area contributed by atoms with Crippen LogP contribution in [0.4, 0.5) is 0 Å². The van der Waals surface area contributed by atoms with Gasteiger partial charge in [0.1, 0.15) is 6.04 Å². The Kier molecular flexibility index (Phi) is 9.92. The molecule has 1 heterocycles. The summed E-state index contributed by atoms with van der Waals surface area (Å²) < 4.78 is 9.92. The molecule has 1 atom stereocenters. The van der Waals surface area contributed by atoms with Gasteiger partial charge in [0.05, 0.1) is 25.5 Å². The molecule has 1 aromatic heterocycles. The molecule has 0 bridgehead atoms. The highest BCUT2D eigenvalue weighted by atomic mass is 35.5. The minimum absolute atomic E-state index is 0. The van der Waals surface area contributed by atoms with Crippen molar-refractivity contribution in [3.63, 3.8) is 0 Å². The fraction of sp³-hybridized carbons (Fsp3) is 0.538. The monoisotopic (exact) mass is 303 g/mol. The minimum atomic E-state index is -0.662. The quantitative estimate of drug-likeness (QED) is 0.754. The molecule has 0 fully saturated rings. The summed E-state index contributed by atoms with van der Waals surface area (Å²) >= 11 is 0. The van der Waals surface area contributed by atoms with Gasteiger partial charge in [-0.15, -0.1) is 12.4 Å². The second-order valence-electron chi connectivity index (χ2n) is 4.14. The van der Waals surface area contributed by atoms with Crippen LogP contribution >= 0.6 is 12.4 Å². The van der Waals surface area contributed by atoms with Crippen LogP contribution in [-0.4, -0.2) is 55.8 Å². The number of pyridine rings is 1. The van der Waals surface area contributed by atoms with Crippen LogP contribution in [-0.2, 0) is 20.8 Å². The highest BCUT2D eigenvalue weighted by Gasteiger charge is 2.21. The number of halogens is 1. The lowest BCUT2D eigenvalue weighted by Crippen LogP contribution is -2.46. The third-order valence-corrected chi connectivity index (χ3v) is 2.62. The maximum absolute atomic E-state index is 12.2. The predicted octanol–water partition coefficient (Wildman–Crippen LogP) is 0.452. The molecule has 0 aliphatic carbocycles. The second kappa shape index (κ2) is 10.6. The van der Waals surface area contributed by atoms with E-state index in [-0.39, 0.29) is 24.9 Å². The zero-order valence-corrected chi connectivity index (χ0v) is 12.6. The Labute approximate surface area is 125 Å². The van der Waals surface area contributed by atoms with Gasteiger partial charge < -0.3 is 20.1 Å². The van der Waals surface area contributed by atoms with Gasteiger partial charge in [0.15, 0.2) is 0 Å². The van der Waals surface area contributed by atoms with E-state index in [9.17, 15) is 4.79 Å². The van der Waals surface area contributed by atoms with Crippen molar-refractivity contribution >= 4 is 18.3 Å². The number of amides is 1. The molecular formula is C13H22ClN3O3. The first-order valence-corrected chi connectivity index (χ1v) is 6.11. The molecule has 1 unspecified atom stereocenters. The molecule has 114 valence electrons. The Morgan fingerprint density at radius 1 is 1.40 bits per heavy atom. The topological polar surface area (TPSA) is 77.7 Å². The Hall–Kier alpha value is -1.21. The van der Waals surface area contributed by atoms with Crippen molar-refractivity contribution in [3.05, 3.63) is 30.1 Å². The van der Waals surface area contributed by atoms with E-state index in [1.54, 1.807) is 18.2 Å². The number of carbonyl (C=O) groups is 1. The van der Waals surface area contributed by atoms with Crippen LogP contribution in [0.3, 0.4) is 0 Å². The highest BCUT2D eigenvalue weighted by molar-refractivity contribution is 5.85. The van der Waals surface area contributed by atoms with E-state index >= 15 is 0 Å². The van der Waals surface area contributed by atoms with E-state index in [1.165, 1.54) is 7.11 Å². The number of hydrogen-bond acceptors (Lipinski definition) is 5. The van der Waals surface area contributed by atoms with Gasteiger partial charge in [-0.25, -0.2) is 0 Å². The summed E-state index contributed by atoms with van der Waals surface area (Å²) in [6, 6.07) is 4.93. The van der Waals surface area contributed by atoms with E-state index in [0.29, 0.717) is 19.7 Å². The van der Waals surface area contributed by atoms with Gasteiger partial charge in [0.2, 0.25) is 5.91 Å². The molecule has 6 nitrogen and oxygen atoms in total. The standard InChI is InChI=1S/C13H21N3O3.ClH/c1-18-8-7-16(13(17)12(14)10-19-2)9-11-5-3-4-6-15-11;/h3-6,12H,7-10,14H2,1-2H3;1H. The van der Waals surface area contributed by atoms with Crippen molar-refractivity contribution in [2.75, 3.05) is 34.0 Å². The maximum atomic E-state index is 12.2. The van der Waals surface area contributed by atoms with Crippen molar-refractivity contribution in [2.24, 2.45) is 5.73 Å². The van der Waals surface area contributed by atoms with Crippen LogP contribution in [0.1, 0.15) is 5.69 Å². The lowest BCUT2D eigenvalue weighted by atomic mass is 10.2. The van der Waals surface area contributed by atoms with Gasteiger partial charge in [0.25, 0.3) is 0 Å². The first kappa shape index (κ1) is 18.8. The average molecular weight is 304 g/mol. The molecule has 0 aliphatic heterocycles. The highest BCUT2D eigenvalue weighted by Crippen LogP contribution is 2.03. The average Bonchev–Trinajstić information content (AvgIpc) is 2.44. The Morgan fingerprint density at radius 3 is 2.70 bits per heavy atom. The predicted molar refractivity (Wildman–Crippen MR) is 78.6 cm³/mol. The minimum Gasteiger partial charge on any atom is -0.383 e. The molecule has 0 spiro atoms. The second-order valence-corrected chi connectivity index (χ2v) is 4.14. The SMILES string of the molecule is COCCN(Cc1ccccn1)C(=O)C(N)COC.Cl. The van der Waals surface area contributed by atoms with Crippen LogP contribution in [0.15, 0.2) is 24.4 Å². The van der Waals surface area contributed by atoms with Gasteiger partial charge in [-0.2, -0.15) is 0 Å². The lowest BCUT2D eigenvalue weighted by Gasteiger charge is -2.25. The summed E-state index contributed by atoms with van der Waals surface area (Å²) in [6.45, 7) is 1.55. The lowest BCUT2D eigenvalue weighted by molar-refractivity contribution is -0.135. The van der Waals surface area contributed by atoms with Crippen LogP contribution in [0.2, 0.25) is 0 Å². The number of carbonyl (C=O) groups excluding carboxylic acids is 1. The Morgan fingerprint density at radius 2 is 2.15 bits per heavy atom. The van der Waals surface area contributed by atoms with Crippen molar-refractivity contribution in [3.8, 4) is 0 Å². The molecule has 1 aromatic rings. The molecule has 0 aliphatic rings. The number of aromatic nitrogens is 1. The van der Waals surface area contributed by atoms with E-state index < -0.39 is 6.04 Å². The fourth-order valence-electron chi connectivity index (χ4n) is 1.64. The van der Waals surface area contributed by atoms with Crippen molar-refractivity contribution in [1.29, 1.82) is 0 Å². The van der Waals surface area contributed by atoms with E-state index in [0.717, 1.165) is 5.69 Å². The third kappa shape index (κ3) is 6.29. The van der Waals surface area contributed by atoms with Crippen molar-refractivity contribution in [1.82, 2.24) is 9.88 Å². The van der Waals surface area contributed by atoms with E-state index in [4.69, 9.17) is 15.2 Å². The normalized spacial score (nSPS) is 11.6. The van der Waals surface area contributed by atoms with Crippen LogP contribution < -0.4 is 5.73 Å². The molecule has 20 heavy (non-hydrogen) atoms. The third-order valence-electron chi connectivity index (χ3n) is 2.62. The zero-order valence-electron chi connectivity index (χ0n) is 11.8. The summed E-state index contributed by atoms with van der Waals surface area (Å²) in [5.41, 5.74) is 6.59. The smallest absolute Gasteiger partial charge is 0.242 e. The molecule has 0 saturated carbocycles. The van der Waals surface area contributed by atoms with Crippen molar-refractivity contribution in [2.45, 2.75) is 12.6 Å². The van der Waals surface area contributed by atoms with Crippen molar-refractivity contribution < 1.29 is 14.3 Å². The molecule has 1 rings (SSSR count). The Balaban J connectivity index is 0.00000361. The molecule has 2 N–H and O–H groups in total. The molecular weight excluding hydrogens is 282 g/mol. The van der Waals surface area contributed by atoms with Gasteiger partial charge in [-0.3, -0.25) is 9.78 Å². The first-order valence-electron chi connectivity index (χ1n) is 6.11. The summed E-state index contributed by atoms with van der Waals surface area (Å²) in [4.78, 5) is 18.0. The number of ether oxygens (including phenoxy) is 2. The molecule has 7 heteroatoms. The van der Waals surface area contributed by atoms with Gasteiger partial charge >= 0.3 is 0 Å². The molecule has 0 aromatic carbocycles. The summed E-state index contributed by atoms with van der Waals surface area (Å²) in [5.74, 6) is -0.162. The fourth-order valence-corrected chi connectivity index (χ4v) is 1.64. The number of nitrogens with two attached hydrogens (primary N) is 1. The van der Waals surface area contributed by atoms with Gasteiger partial charge in [-0.05, 0) is 12.1 Å². The number of methoxy groups -OCH3 is 2. The summed E-state index contributed by atoms with van der Waals surface area (Å²) in [5, 5.41) is 0. The number of rotatable bonds is 8. The number of nitrogens with zero attached hydrogens (tertiary/aromatic N) is 2. The molecule has 0 radical (unpaired) electrons. The largest absolute Gasteiger partial charge is 0.383 e. The van der Waals surface area contributed by atoms with Crippen LogP contribution in [0.25, 0.3) is 0 Å². The zero-order chi connectivity index (χ0) is 14.1. The molecule has 0 saturated heterocycles. The Bertz CT molecular complexity index is 378. The maximum Gasteiger partial charge on any atom is 0.242 e. The molecule has 1 amide bonds. The van der Waals surface area contributed by atoms with Crippen LogP contribution in [0, 0.1) is 0 Å². The van der Waals surface area contributed by atoms with Gasteiger partial charge in [0, 0.05) is 27.0 Å².